The third kappa shape index (κ3) is 2.67. The van der Waals surface area contributed by atoms with E-state index in [0.717, 1.165) is 11.4 Å². The predicted octanol–water partition coefficient (Wildman–Crippen LogP) is 2.84. The quantitative estimate of drug-likeness (QED) is 0.806. The van der Waals surface area contributed by atoms with Crippen molar-refractivity contribution in [3.8, 4) is 6.07 Å². The fourth-order valence-corrected chi connectivity index (χ4v) is 3.26. The van der Waals surface area contributed by atoms with Crippen LogP contribution in [0.25, 0.3) is 0 Å². The van der Waals surface area contributed by atoms with Crippen LogP contribution in [0, 0.1) is 11.3 Å². The molecular weight excluding hydrogens is 230 g/mol. The third-order valence-corrected chi connectivity index (χ3v) is 4.45. The number of hydrogen-bond acceptors (Lipinski definition) is 4. The molecule has 2 atom stereocenters. The summed E-state index contributed by atoms with van der Waals surface area (Å²) in [5.41, 5.74) is 8.20. The van der Waals surface area contributed by atoms with Crippen molar-refractivity contribution in [2.45, 2.75) is 30.6 Å². The van der Waals surface area contributed by atoms with Crippen molar-refractivity contribution in [3.63, 3.8) is 0 Å². The second-order valence-corrected chi connectivity index (χ2v) is 5.45. The van der Waals surface area contributed by atoms with Gasteiger partial charge in [0.25, 0.3) is 0 Å². The van der Waals surface area contributed by atoms with Gasteiger partial charge in [0.05, 0.1) is 23.0 Å². The lowest BCUT2D eigenvalue weighted by Crippen LogP contribution is -2.26. The van der Waals surface area contributed by atoms with Crippen LogP contribution in [-0.4, -0.2) is 17.5 Å². The van der Waals surface area contributed by atoms with Crippen molar-refractivity contribution >= 4 is 23.1 Å². The number of hydrogen-bond donors (Lipinski definition) is 2. The molecule has 0 bridgehead atoms. The van der Waals surface area contributed by atoms with Gasteiger partial charge in [0.2, 0.25) is 0 Å². The van der Waals surface area contributed by atoms with Crippen molar-refractivity contribution in [1.29, 1.82) is 5.26 Å². The Hall–Kier alpha value is -1.34. The van der Waals surface area contributed by atoms with Crippen molar-refractivity contribution in [2.75, 3.05) is 17.3 Å². The topological polar surface area (TPSA) is 61.8 Å². The maximum Gasteiger partial charge on any atom is 0.0992 e. The molecule has 0 aromatic heterocycles. The zero-order valence-electron chi connectivity index (χ0n) is 9.94. The number of nitriles is 1. The number of rotatable bonds is 3. The van der Waals surface area contributed by atoms with E-state index in [1.54, 1.807) is 12.1 Å². The number of nitrogen functional groups attached to an aromatic ring is 1. The molecule has 17 heavy (non-hydrogen) atoms. The Balaban J connectivity index is 2.15. The Kier molecular flexibility index (Phi) is 3.80. The van der Waals surface area contributed by atoms with Crippen LogP contribution in [0.1, 0.15) is 24.8 Å². The van der Waals surface area contributed by atoms with Crippen molar-refractivity contribution < 1.29 is 0 Å². The van der Waals surface area contributed by atoms with Crippen LogP contribution in [0.3, 0.4) is 0 Å². The average molecular weight is 247 g/mol. The number of nitrogens with two attached hydrogens (primary N) is 1. The minimum atomic E-state index is 0.473. The SMILES string of the molecule is CSC1CCCC1Nc1cc(C#N)ccc1N. The minimum absolute atomic E-state index is 0.473. The van der Waals surface area contributed by atoms with Gasteiger partial charge in [-0.05, 0) is 37.3 Å². The lowest BCUT2D eigenvalue weighted by atomic mass is 10.1. The van der Waals surface area contributed by atoms with E-state index in [1.165, 1.54) is 19.3 Å². The molecule has 90 valence electrons. The Morgan fingerprint density at radius 2 is 2.29 bits per heavy atom. The normalized spacial score (nSPS) is 23.3. The summed E-state index contributed by atoms with van der Waals surface area (Å²) < 4.78 is 0. The summed E-state index contributed by atoms with van der Waals surface area (Å²) in [5.74, 6) is 0. The highest BCUT2D eigenvalue weighted by Crippen LogP contribution is 2.32. The van der Waals surface area contributed by atoms with Gasteiger partial charge in [0, 0.05) is 11.3 Å². The highest BCUT2D eigenvalue weighted by Gasteiger charge is 2.26. The molecule has 0 amide bonds. The summed E-state index contributed by atoms with van der Waals surface area (Å²) in [4.78, 5) is 0. The van der Waals surface area contributed by atoms with E-state index in [9.17, 15) is 0 Å². The van der Waals surface area contributed by atoms with Gasteiger partial charge in [-0.3, -0.25) is 0 Å². The molecule has 0 saturated heterocycles. The van der Waals surface area contributed by atoms with Crippen LogP contribution in [0.2, 0.25) is 0 Å². The Morgan fingerprint density at radius 3 is 3.00 bits per heavy atom. The Bertz CT molecular complexity index is 439. The van der Waals surface area contributed by atoms with Gasteiger partial charge < -0.3 is 11.1 Å². The molecule has 2 rings (SSSR count). The van der Waals surface area contributed by atoms with E-state index in [1.807, 2.05) is 17.8 Å². The highest BCUT2D eigenvalue weighted by atomic mass is 32.2. The van der Waals surface area contributed by atoms with Gasteiger partial charge >= 0.3 is 0 Å². The van der Waals surface area contributed by atoms with Crippen LogP contribution < -0.4 is 11.1 Å². The van der Waals surface area contributed by atoms with Gasteiger partial charge in [-0.15, -0.1) is 0 Å². The molecule has 1 saturated carbocycles. The molecule has 3 N–H and O–H groups in total. The molecule has 1 aliphatic rings. The zero-order chi connectivity index (χ0) is 12.3. The molecule has 1 fully saturated rings. The molecule has 3 nitrogen and oxygen atoms in total. The van der Waals surface area contributed by atoms with Crippen LogP contribution >= 0.6 is 11.8 Å². The number of thioether (sulfide) groups is 1. The average Bonchev–Trinajstić information content (AvgIpc) is 2.79. The second kappa shape index (κ2) is 5.33. The lowest BCUT2D eigenvalue weighted by molar-refractivity contribution is 0.769. The minimum Gasteiger partial charge on any atom is -0.397 e. The molecule has 4 heteroatoms. The molecule has 2 unspecified atom stereocenters. The Morgan fingerprint density at radius 1 is 1.47 bits per heavy atom. The van der Waals surface area contributed by atoms with Gasteiger partial charge in [-0.2, -0.15) is 17.0 Å². The summed E-state index contributed by atoms with van der Waals surface area (Å²) in [7, 11) is 0. The first kappa shape index (κ1) is 12.1. The van der Waals surface area contributed by atoms with Gasteiger partial charge in [0.15, 0.2) is 0 Å². The molecular formula is C13H17N3S. The molecule has 0 aliphatic heterocycles. The second-order valence-electron chi connectivity index (χ2n) is 4.37. The summed E-state index contributed by atoms with van der Waals surface area (Å²) >= 11 is 1.91. The standard InChI is InChI=1S/C13H17N3S/c1-17-13-4-2-3-11(13)16-12-7-9(8-14)5-6-10(12)15/h5-7,11,13,16H,2-4,15H2,1H3. The monoisotopic (exact) mass is 247 g/mol. The molecule has 1 aromatic rings. The summed E-state index contributed by atoms with van der Waals surface area (Å²) in [6, 6.07) is 8.00. The van der Waals surface area contributed by atoms with Gasteiger partial charge in [0.1, 0.15) is 0 Å². The smallest absolute Gasteiger partial charge is 0.0992 e. The van der Waals surface area contributed by atoms with Crippen molar-refractivity contribution in [2.24, 2.45) is 0 Å². The molecule has 0 heterocycles. The number of nitrogens with zero attached hydrogens (tertiary/aromatic N) is 1. The molecule has 1 aromatic carbocycles. The lowest BCUT2D eigenvalue weighted by Gasteiger charge is -2.21. The van der Waals surface area contributed by atoms with Crippen LogP contribution in [0.5, 0.6) is 0 Å². The van der Waals surface area contributed by atoms with Crippen LogP contribution in [0.15, 0.2) is 18.2 Å². The summed E-state index contributed by atoms with van der Waals surface area (Å²) in [5, 5.41) is 13.0. The van der Waals surface area contributed by atoms with Crippen LogP contribution in [-0.2, 0) is 0 Å². The molecule has 0 spiro atoms. The Labute approximate surface area is 106 Å². The highest BCUT2D eigenvalue weighted by molar-refractivity contribution is 7.99. The van der Waals surface area contributed by atoms with Crippen LogP contribution in [0.4, 0.5) is 11.4 Å². The van der Waals surface area contributed by atoms with E-state index in [4.69, 9.17) is 11.0 Å². The number of anilines is 2. The van der Waals surface area contributed by atoms with E-state index in [-0.39, 0.29) is 0 Å². The fourth-order valence-electron chi connectivity index (χ4n) is 2.32. The maximum atomic E-state index is 8.89. The fraction of sp³-hybridized carbons (Fsp3) is 0.462. The molecule has 0 radical (unpaired) electrons. The van der Waals surface area contributed by atoms with Gasteiger partial charge in [-0.1, -0.05) is 6.42 Å². The largest absolute Gasteiger partial charge is 0.397 e. The van der Waals surface area contributed by atoms with Crippen molar-refractivity contribution in [1.82, 2.24) is 0 Å². The summed E-state index contributed by atoms with van der Waals surface area (Å²) in [6.07, 6.45) is 5.86. The van der Waals surface area contributed by atoms with Gasteiger partial charge in [-0.25, -0.2) is 0 Å². The maximum absolute atomic E-state index is 8.89. The molecule has 1 aliphatic carbocycles. The van der Waals surface area contributed by atoms with Crippen molar-refractivity contribution in [3.05, 3.63) is 23.8 Å². The number of benzene rings is 1. The van der Waals surface area contributed by atoms with E-state index in [2.05, 4.69) is 17.6 Å². The van der Waals surface area contributed by atoms with E-state index >= 15 is 0 Å². The van der Waals surface area contributed by atoms with E-state index in [0.29, 0.717) is 16.9 Å². The summed E-state index contributed by atoms with van der Waals surface area (Å²) in [6.45, 7) is 0. The first-order valence-electron chi connectivity index (χ1n) is 5.83. The van der Waals surface area contributed by atoms with E-state index < -0.39 is 0 Å². The first-order valence-corrected chi connectivity index (χ1v) is 7.12. The zero-order valence-corrected chi connectivity index (χ0v) is 10.8. The predicted molar refractivity (Wildman–Crippen MR) is 74.1 cm³/mol. The number of nitrogens with one attached hydrogen (secondary N) is 1. The third-order valence-electron chi connectivity index (χ3n) is 3.28. The first-order chi connectivity index (χ1) is 8.24.